The average Bonchev–Trinajstić information content (AvgIpc) is 3.11. The molecule has 0 aliphatic carbocycles. The molecular formula is C32H29Cl4F5N6O9S2. The third-order valence-electron chi connectivity index (χ3n) is 6.64. The largest absolute Gasteiger partial charge is 0.477 e. The molecule has 2 heterocycles. The molecule has 0 saturated heterocycles. The monoisotopic (exact) mass is 940 g/mol. The highest BCUT2D eigenvalue weighted by atomic mass is 35.5. The lowest BCUT2D eigenvalue weighted by atomic mass is 10.2. The number of nitrogens with one attached hydrogen (secondary N) is 3. The highest BCUT2D eigenvalue weighted by Crippen LogP contribution is 2.39. The van der Waals surface area contributed by atoms with E-state index in [2.05, 4.69) is 9.97 Å². The molecule has 0 aliphatic heterocycles. The van der Waals surface area contributed by atoms with Gasteiger partial charge in [0.15, 0.2) is 0 Å². The summed E-state index contributed by atoms with van der Waals surface area (Å²) in [6.45, 7) is 3.50. The molecule has 0 atom stereocenters. The molecule has 0 saturated carbocycles. The lowest BCUT2D eigenvalue weighted by Gasteiger charge is -2.16. The number of ether oxygens (including phenoxy) is 3. The summed E-state index contributed by atoms with van der Waals surface area (Å²) in [6.07, 6.45) is -2.64. The van der Waals surface area contributed by atoms with E-state index >= 15 is 0 Å². The van der Waals surface area contributed by atoms with Crippen molar-refractivity contribution in [2.45, 2.75) is 20.0 Å². The van der Waals surface area contributed by atoms with Crippen LogP contribution in [0.2, 0.25) is 20.2 Å². The summed E-state index contributed by atoms with van der Waals surface area (Å²) in [4.78, 5) is 31.3. The molecule has 58 heavy (non-hydrogen) atoms. The van der Waals surface area contributed by atoms with Crippen molar-refractivity contribution in [2.75, 3.05) is 27.7 Å². The van der Waals surface area contributed by atoms with Gasteiger partial charge in [-0.3, -0.25) is 9.59 Å². The van der Waals surface area contributed by atoms with E-state index in [0.29, 0.717) is 16.4 Å². The fraction of sp³-hybridized carbons (Fsp3) is 0.250. The average molecular weight is 943 g/mol. The van der Waals surface area contributed by atoms with Crippen molar-refractivity contribution < 1.29 is 62.6 Å². The van der Waals surface area contributed by atoms with Gasteiger partial charge < -0.3 is 14.2 Å². The molecule has 2 aromatic heterocycles. The number of halogens is 9. The van der Waals surface area contributed by atoms with Crippen molar-refractivity contribution in [3.8, 4) is 28.9 Å². The SMILES string of the molecule is CC(C)COc1ncc(Oc2cc(F)c(C(=O)NS(=O)(=O)N(C)C)cc2Cl)cc1C(F)(F)F.CNS(=O)(=O)NC(=O)c1cc(Cl)c(Oc2cnc(Cl)c(Cl)c2)cc1F. The zero-order valence-corrected chi connectivity index (χ0v) is 34.8. The molecule has 0 radical (unpaired) electrons. The van der Waals surface area contributed by atoms with Crippen LogP contribution in [0.3, 0.4) is 0 Å². The predicted molar refractivity (Wildman–Crippen MR) is 202 cm³/mol. The van der Waals surface area contributed by atoms with Crippen LogP contribution in [0.4, 0.5) is 22.0 Å². The van der Waals surface area contributed by atoms with Crippen LogP contribution in [0.5, 0.6) is 28.9 Å². The molecule has 0 fully saturated rings. The van der Waals surface area contributed by atoms with Gasteiger partial charge >= 0.3 is 26.6 Å². The number of carbonyl (C=O) groups is 2. The Morgan fingerprint density at radius 1 is 0.776 bits per heavy atom. The fourth-order valence-corrected chi connectivity index (χ4v) is 5.47. The van der Waals surface area contributed by atoms with Crippen molar-refractivity contribution in [2.24, 2.45) is 5.92 Å². The van der Waals surface area contributed by atoms with Crippen LogP contribution in [-0.4, -0.2) is 70.7 Å². The van der Waals surface area contributed by atoms with E-state index < -0.39 is 84.1 Å². The Balaban J connectivity index is 0.000000322. The number of carbonyl (C=O) groups excluding carboxylic acids is 2. The summed E-state index contributed by atoms with van der Waals surface area (Å²) in [6, 6.07) is 5.12. The maximum Gasteiger partial charge on any atom is 0.421 e. The first-order valence-electron chi connectivity index (χ1n) is 15.6. The lowest BCUT2D eigenvalue weighted by molar-refractivity contribution is -0.139. The second kappa shape index (κ2) is 19.6. The van der Waals surface area contributed by atoms with Gasteiger partial charge in [0.2, 0.25) is 5.88 Å². The van der Waals surface area contributed by atoms with Gasteiger partial charge in [-0.2, -0.15) is 34.3 Å². The first-order chi connectivity index (χ1) is 26.7. The number of hydrogen-bond acceptors (Lipinski definition) is 11. The lowest BCUT2D eigenvalue weighted by Crippen LogP contribution is -2.39. The fourth-order valence-electron chi connectivity index (χ4n) is 3.82. The number of rotatable bonds is 13. The zero-order chi connectivity index (χ0) is 43.9. The van der Waals surface area contributed by atoms with Gasteiger partial charge in [0.1, 0.15) is 45.3 Å². The molecule has 26 heteroatoms. The minimum Gasteiger partial charge on any atom is -0.477 e. The molecule has 4 aromatic rings. The molecule has 0 spiro atoms. The molecule has 0 unspecified atom stereocenters. The number of amides is 2. The van der Waals surface area contributed by atoms with Gasteiger partial charge in [0.25, 0.3) is 11.8 Å². The number of alkyl halides is 3. The van der Waals surface area contributed by atoms with E-state index in [9.17, 15) is 48.4 Å². The van der Waals surface area contributed by atoms with Crippen molar-refractivity contribution in [1.29, 1.82) is 0 Å². The van der Waals surface area contributed by atoms with Gasteiger partial charge in [-0.25, -0.2) is 32.9 Å². The summed E-state index contributed by atoms with van der Waals surface area (Å²) in [5, 5.41) is -0.329. The standard InChI is InChI=1S/C19H20ClF4N3O5S.C13H9Cl3FN3O4S/c1-10(2)9-31-18-13(19(22,23)24)5-11(8-25-18)32-16-7-15(21)12(6-14(16)20)17(28)26-33(29,30)27(3)4;1-18-25(22,23)20-13(21)7-3-8(14)11(4-10(7)17)24-6-2-9(15)12(16)19-5-6/h5-8,10H,9H2,1-4H3,(H,26,28);2-5,18H,1H3,(H,20,21). The third kappa shape index (κ3) is 13.4. The number of pyridine rings is 2. The first-order valence-corrected chi connectivity index (χ1v) is 20.0. The topological polar surface area (TPSA) is 195 Å². The van der Waals surface area contributed by atoms with Gasteiger partial charge in [-0.15, -0.1) is 0 Å². The van der Waals surface area contributed by atoms with Crippen LogP contribution < -0.4 is 28.4 Å². The summed E-state index contributed by atoms with van der Waals surface area (Å²) >= 11 is 23.4. The van der Waals surface area contributed by atoms with Gasteiger partial charge in [-0.05, 0) is 18.1 Å². The summed E-state index contributed by atoms with van der Waals surface area (Å²) in [7, 11) is -4.90. The molecule has 2 amide bonds. The zero-order valence-electron chi connectivity index (χ0n) is 30.1. The van der Waals surface area contributed by atoms with E-state index in [1.165, 1.54) is 12.3 Å². The van der Waals surface area contributed by atoms with Crippen molar-refractivity contribution in [3.63, 3.8) is 0 Å². The van der Waals surface area contributed by atoms with Crippen molar-refractivity contribution >= 4 is 78.6 Å². The quantitative estimate of drug-likeness (QED) is 0.0892. The molecule has 15 nitrogen and oxygen atoms in total. The maximum atomic E-state index is 14.4. The Labute approximate surface area is 348 Å². The molecule has 2 aromatic carbocycles. The second-order valence-corrected chi connectivity index (χ2v) is 16.8. The molecule has 3 N–H and O–H groups in total. The molecule has 4 rings (SSSR count). The Morgan fingerprint density at radius 2 is 1.26 bits per heavy atom. The second-order valence-electron chi connectivity index (χ2n) is 11.8. The van der Waals surface area contributed by atoms with Crippen LogP contribution in [0.25, 0.3) is 0 Å². The number of aromatic nitrogens is 2. The highest BCUT2D eigenvalue weighted by Gasteiger charge is 2.36. The number of nitrogens with zero attached hydrogens (tertiary/aromatic N) is 3. The van der Waals surface area contributed by atoms with Crippen LogP contribution in [0.15, 0.2) is 48.8 Å². The first kappa shape index (κ1) is 48.1. The Hall–Kier alpha value is -4.29. The van der Waals surface area contributed by atoms with Crippen molar-refractivity contribution in [1.82, 2.24) is 28.4 Å². The van der Waals surface area contributed by atoms with Crippen LogP contribution in [0, 0.1) is 17.6 Å². The van der Waals surface area contributed by atoms with E-state index in [1.54, 1.807) is 23.3 Å². The molecular weight excluding hydrogens is 913 g/mol. The minimum absolute atomic E-state index is 0.000389. The summed E-state index contributed by atoms with van der Waals surface area (Å²) in [5.41, 5.74) is -2.50. The Kier molecular flexibility index (Phi) is 16.3. The van der Waals surface area contributed by atoms with Gasteiger partial charge in [0.05, 0.1) is 45.2 Å². The Morgan fingerprint density at radius 3 is 1.71 bits per heavy atom. The summed E-state index contributed by atoms with van der Waals surface area (Å²) in [5.74, 6) is -6.31. The van der Waals surface area contributed by atoms with E-state index in [-0.39, 0.29) is 44.2 Å². The molecule has 0 aliphatic rings. The number of benzene rings is 2. The normalized spacial score (nSPS) is 11.8. The van der Waals surface area contributed by atoms with Crippen LogP contribution in [-0.2, 0) is 26.6 Å². The van der Waals surface area contributed by atoms with Crippen LogP contribution in [0.1, 0.15) is 40.1 Å². The van der Waals surface area contributed by atoms with E-state index in [4.69, 9.17) is 60.6 Å². The number of hydrogen-bond donors (Lipinski definition) is 3. The highest BCUT2D eigenvalue weighted by molar-refractivity contribution is 7.88. The van der Waals surface area contributed by atoms with E-state index in [1.807, 2.05) is 4.72 Å². The minimum atomic E-state index is -4.81. The summed E-state index contributed by atoms with van der Waals surface area (Å²) < 4.78 is 136. The predicted octanol–water partition coefficient (Wildman–Crippen LogP) is 7.42. The smallest absolute Gasteiger partial charge is 0.421 e. The van der Waals surface area contributed by atoms with Gasteiger partial charge in [0, 0.05) is 45.4 Å². The van der Waals surface area contributed by atoms with E-state index in [0.717, 1.165) is 45.5 Å². The maximum absolute atomic E-state index is 14.4. The van der Waals surface area contributed by atoms with Crippen molar-refractivity contribution in [3.05, 3.63) is 97.3 Å². The van der Waals surface area contributed by atoms with Crippen LogP contribution >= 0.6 is 46.4 Å². The molecule has 316 valence electrons. The van der Waals surface area contributed by atoms with Gasteiger partial charge in [-0.1, -0.05) is 60.3 Å². The molecule has 0 bridgehead atoms. The Bertz CT molecular complexity index is 2410. The third-order valence-corrected chi connectivity index (χ3v) is 10.3.